The monoisotopic (exact) mass is 286 g/mol. The third-order valence-corrected chi connectivity index (χ3v) is 3.63. The third kappa shape index (κ3) is 3.48. The van der Waals surface area contributed by atoms with Gasteiger partial charge in [-0.1, -0.05) is 73.7 Å². The summed E-state index contributed by atoms with van der Waals surface area (Å²) in [5.74, 6) is 0.817. The molecule has 1 nitrogen and oxygen atoms in total. The molecular formula is C21H18O. The van der Waals surface area contributed by atoms with Crippen LogP contribution in [0.4, 0.5) is 0 Å². The zero-order valence-corrected chi connectivity index (χ0v) is 12.7. The molecule has 22 heavy (non-hydrogen) atoms. The van der Waals surface area contributed by atoms with Crippen molar-refractivity contribution >= 4 is 0 Å². The van der Waals surface area contributed by atoms with Crippen molar-refractivity contribution in [2.45, 2.75) is 20.0 Å². The van der Waals surface area contributed by atoms with Crippen LogP contribution in [0.5, 0.6) is 5.75 Å². The SMILES string of the molecule is CCc1ccc(-c2c#ccc(OCc3ccccc3)c2)cc1. The molecule has 0 N–H and O–H groups in total. The van der Waals surface area contributed by atoms with Gasteiger partial charge in [0.25, 0.3) is 0 Å². The van der Waals surface area contributed by atoms with Crippen LogP contribution in [0.3, 0.4) is 0 Å². The number of benzene rings is 2. The molecule has 0 radical (unpaired) electrons. The first-order valence-electron chi connectivity index (χ1n) is 7.54. The van der Waals surface area contributed by atoms with E-state index in [1.54, 1.807) is 0 Å². The molecule has 3 aromatic carbocycles. The van der Waals surface area contributed by atoms with E-state index in [-0.39, 0.29) is 0 Å². The molecule has 0 atom stereocenters. The highest BCUT2D eigenvalue weighted by Crippen LogP contribution is 2.22. The van der Waals surface area contributed by atoms with Gasteiger partial charge in [0.2, 0.25) is 0 Å². The summed E-state index contributed by atoms with van der Waals surface area (Å²) in [7, 11) is 0. The summed E-state index contributed by atoms with van der Waals surface area (Å²) in [5, 5.41) is 0. The van der Waals surface area contributed by atoms with Crippen molar-refractivity contribution < 1.29 is 4.74 Å². The molecule has 0 aliphatic heterocycles. The highest BCUT2D eigenvalue weighted by molar-refractivity contribution is 5.63. The van der Waals surface area contributed by atoms with Crippen LogP contribution >= 0.6 is 0 Å². The largest absolute Gasteiger partial charge is 0.488 e. The van der Waals surface area contributed by atoms with Crippen LogP contribution < -0.4 is 4.74 Å². The van der Waals surface area contributed by atoms with Crippen LogP contribution in [0.15, 0.2) is 66.7 Å². The summed E-state index contributed by atoms with van der Waals surface area (Å²) in [6.07, 6.45) is 1.05. The normalized spacial score (nSPS) is 10.0. The van der Waals surface area contributed by atoms with Crippen LogP contribution in [0.25, 0.3) is 11.1 Å². The minimum atomic E-state index is 0.562. The van der Waals surface area contributed by atoms with E-state index in [2.05, 4.69) is 55.5 Å². The number of ether oxygens (including phenoxy) is 1. The lowest BCUT2D eigenvalue weighted by Gasteiger charge is -2.07. The van der Waals surface area contributed by atoms with E-state index in [4.69, 9.17) is 4.74 Å². The fourth-order valence-electron chi connectivity index (χ4n) is 2.30. The molecule has 3 rings (SSSR count). The first-order chi connectivity index (χ1) is 10.8. The van der Waals surface area contributed by atoms with Crippen LogP contribution in [-0.4, -0.2) is 0 Å². The topological polar surface area (TPSA) is 9.23 Å². The van der Waals surface area contributed by atoms with Crippen LogP contribution in [0, 0.1) is 12.1 Å². The maximum Gasteiger partial charge on any atom is 0.129 e. The minimum Gasteiger partial charge on any atom is -0.488 e. The van der Waals surface area contributed by atoms with E-state index in [1.807, 2.05) is 30.3 Å². The molecule has 0 saturated carbocycles. The van der Waals surface area contributed by atoms with Gasteiger partial charge < -0.3 is 4.74 Å². The van der Waals surface area contributed by atoms with Gasteiger partial charge in [0.15, 0.2) is 0 Å². The van der Waals surface area contributed by atoms with Crippen LogP contribution in [0.2, 0.25) is 0 Å². The lowest BCUT2D eigenvalue weighted by molar-refractivity contribution is 0.306. The molecule has 0 spiro atoms. The quantitative estimate of drug-likeness (QED) is 0.634. The summed E-state index contributed by atoms with van der Waals surface area (Å²) in [6, 6.07) is 28.8. The fraction of sp³-hybridized carbons (Fsp3) is 0.143. The summed E-state index contributed by atoms with van der Waals surface area (Å²) >= 11 is 0. The summed E-state index contributed by atoms with van der Waals surface area (Å²) in [6.45, 7) is 2.72. The average molecular weight is 286 g/mol. The molecule has 0 heterocycles. The van der Waals surface area contributed by atoms with Gasteiger partial charge in [-0.2, -0.15) is 0 Å². The smallest absolute Gasteiger partial charge is 0.129 e. The Morgan fingerprint density at radius 3 is 2.41 bits per heavy atom. The molecule has 108 valence electrons. The summed E-state index contributed by atoms with van der Waals surface area (Å²) in [4.78, 5) is 0. The predicted octanol–water partition coefficient (Wildman–Crippen LogP) is 5.10. The molecule has 0 bridgehead atoms. The highest BCUT2D eigenvalue weighted by atomic mass is 16.5. The number of rotatable bonds is 5. The molecule has 0 aliphatic carbocycles. The second kappa shape index (κ2) is 6.83. The van der Waals surface area contributed by atoms with E-state index in [0.29, 0.717) is 6.61 Å². The maximum absolute atomic E-state index is 5.85. The van der Waals surface area contributed by atoms with Gasteiger partial charge in [0, 0.05) is 11.6 Å². The summed E-state index contributed by atoms with van der Waals surface area (Å²) in [5.41, 5.74) is 4.64. The van der Waals surface area contributed by atoms with Gasteiger partial charge in [-0.3, -0.25) is 0 Å². The third-order valence-electron chi connectivity index (χ3n) is 3.63. The molecule has 0 aromatic heterocycles. The average Bonchev–Trinajstić information content (AvgIpc) is 2.61. The van der Waals surface area contributed by atoms with Gasteiger partial charge in [0.05, 0.1) is 0 Å². The number of aryl methyl sites for hydroxylation is 1. The van der Waals surface area contributed by atoms with Gasteiger partial charge in [-0.25, -0.2) is 0 Å². The Hall–Kier alpha value is -2.72. The van der Waals surface area contributed by atoms with Crippen molar-refractivity contribution in [2.24, 2.45) is 0 Å². The fourth-order valence-corrected chi connectivity index (χ4v) is 2.30. The lowest BCUT2D eigenvalue weighted by Crippen LogP contribution is -1.94. The zero-order chi connectivity index (χ0) is 15.2. The lowest BCUT2D eigenvalue weighted by atomic mass is 10.0. The maximum atomic E-state index is 5.85. The first-order valence-corrected chi connectivity index (χ1v) is 7.54. The Labute approximate surface area is 132 Å². The van der Waals surface area contributed by atoms with Gasteiger partial charge in [-0.05, 0) is 29.2 Å². The molecule has 1 heteroatoms. The molecule has 0 saturated heterocycles. The Morgan fingerprint density at radius 1 is 0.909 bits per heavy atom. The van der Waals surface area contributed by atoms with Crippen molar-refractivity contribution in [3.63, 3.8) is 0 Å². The van der Waals surface area contributed by atoms with E-state index in [1.165, 1.54) is 5.56 Å². The molecule has 0 unspecified atom stereocenters. The number of hydrogen-bond donors (Lipinski definition) is 0. The minimum absolute atomic E-state index is 0.562. The molecular weight excluding hydrogens is 268 g/mol. The van der Waals surface area contributed by atoms with Crippen molar-refractivity contribution in [3.05, 3.63) is 90.0 Å². The summed E-state index contributed by atoms with van der Waals surface area (Å²) < 4.78 is 5.85. The highest BCUT2D eigenvalue weighted by Gasteiger charge is 2.01. The van der Waals surface area contributed by atoms with E-state index >= 15 is 0 Å². The number of hydrogen-bond acceptors (Lipinski definition) is 1. The standard InChI is InChI=1S/C21H18O/c1-2-17-11-13-19(14-12-17)20-9-6-10-21(15-20)22-16-18-7-4-3-5-8-18/h3-5,7-8,10-15H,2,16H2,1H3. The van der Waals surface area contributed by atoms with Crippen molar-refractivity contribution in [2.75, 3.05) is 0 Å². The van der Waals surface area contributed by atoms with Crippen molar-refractivity contribution in [3.8, 4) is 16.9 Å². The second-order valence-corrected chi connectivity index (χ2v) is 5.20. The predicted molar refractivity (Wildman–Crippen MR) is 89.7 cm³/mol. The first kappa shape index (κ1) is 14.2. The Kier molecular flexibility index (Phi) is 4.41. The van der Waals surface area contributed by atoms with Gasteiger partial charge in [-0.15, -0.1) is 0 Å². The van der Waals surface area contributed by atoms with E-state index in [9.17, 15) is 0 Å². The Bertz CT molecular complexity index is 714. The Balaban J connectivity index is 1.74. The van der Waals surface area contributed by atoms with Crippen LogP contribution in [0.1, 0.15) is 18.1 Å². The van der Waals surface area contributed by atoms with Gasteiger partial charge >= 0.3 is 0 Å². The molecule has 0 amide bonds. The Morgan fingerprint density at radius 2 is 1.68 bits per heavy atom. The van der Waals surface area contributed by atoms with Crippen LogP contribution in [-0.2, 0) is 13.0 Å². The molecule has 0 aliphatic rings. The van der Waals surface area contributed by atoms with Gasteiger partial charge in [0.1, 0.15) is 12.4 Å². The second-order valence-electron chi connectivity index (χ2n) is 5.20. The molecule has 0 fully saturated rings. The van der Waals surface area contributed by atoms with Crippen molar-refractivity contribution in [1.82, 2.24) is 0 Å². The van der Waals surface area contributed by atoms with E-state index in [0.717, 1.165) is 28.9 Å². The molecule has 3 aromatic rings. The zero-order valence-electron chi connectivity index (χ0n) is 12.7. The van der Waals surface area contributed by atoms with Crippen molar-refractivity contribution in [1.29, 1.82) is 0 Å². The van der Waals surface area contributed by atoms with E-state index < -0.39 is 0 Å².